The third-order valence-electron chi connectivity index (χ3n) is 2.46. The Morgan fingerprint density at radius 2 is 2.44 bits per heavy atom. The summed E-state index contributed by atoms with van der Waals surface area (Å²) in [5, 5.41) is 15.9. The first-order valence-corrected chi connectivity index (χ1v) is 5.30. The van der Waals surface area contributed by atoms with Crippen LogP contribution in [-0.4, -0.2) is 20.8 Å². The summed E-state index contributed by atoms with van der Waals surface area (Å²) in [5.74, 6) is 1.08. The fraction of sp³-hybridized carbons (Fsp3) is 0.273. The first-order valence-electron chi connectivity index (χ1n) is 5.30. The number of rotatable bonds is 4. The van der Waals surface area contributed by atoms with Gasteiger partial charge in [-0.2, -0.15) is 5.10 Å². The maximum Gasteiger partial charge on any atom is 0.223 e. The van der Waals surface area contributed by atoms with Crippen molar-refractivity contribution in [3.63, 3.8) is 0 Å². The van der Waals surface area contributed by atoms with Crippen molar-refractivity contribution in [2.24, 2.45) is 17.9 Å². The molecule has 0 unspecified atom stereocenters. The molecule has 0 saturated heterocycles. The maximum absolute atomic E-state index is 8.75. The Labute approximate surface area is 103 Å². The summed E-state index contributed by atoms with van der Waals surface area (Å²) in [5.41, 5.74) is 6.71. The summed E-state index contributed by atoms with van der Waals surface area (Å²) in [6.07, 6.45) is 1.57. The highest BCUT2D eigenvalue weighted by Gasteiger charge is 2.18. The molecule has 0 radical (unpaired) electrons. The summed E-state index contributed by atoms with van der Waals surface area (Å²) < 4.78 is 12.3. The van der Waals surface area contributed by atoms with Crippen molar-refractivity contribution in [2.75, 3.05) is 0 Å². The second-order valence-corrected chi connectivity index (χ2v) is 3.74. The Bertz CT molecular complexity index is 557. The summed E-state index contributed by atoms with van der Waals surface area (Å²) >= 11 is 0. The van der Waals surface area contributed by atoms with Gasteiger partial charge in [-0.3, -0.25) is 0 Å². The number of aromatic nitrogens is 2. The normalized spacial score (nSPS) is 11.8. The van der Waals surface area contributed by atoms with Gasteiger partial charge in [0.15, 0.2) is 5.84 Å². The van der Waals surface area contributed by atoms with Crippen LogP contribution < -0.4 is 10.5 Å². The van der Waals surface area contributed by atoms with E-state index in [9.17, 15) is 0 Å². The zero-order valence-electron chi connectivity index (χ0n) is 10.1. The van der Waals surface area contributed by atoms with Crippen molar-refractivity contribution in [3.05, 3.63) is 35.4 Å². The van der Waals surface area contributed by atoms with E-state index in [4.69, 9.17) is 20.1 Å². The zero-order valence-corrected chi connectivity index (χ0v) is 10.1. The van der Waals surface area contributed by atoms with E-state index in [1.165, 1.54) is 4.68 Å². The molecule has 2 heterocycles. The minimum absolute atomic E-state index is 0.0324. The lowest BCUT2D eigenvalue weighted by molar-refractivity contribution is 0.248. The molecule has 0 spiro atoms. The van der Waals surface area contributed by atoms with Crippen molar-refractivity contribution >= 4 is 5.84 Å². The molecule has 3 N–H and O–H groups in total. The zero-order chi connectivity index (χ0) is 13.1. The molecule has 2 aromatic heterocycles. The van der Waals surface area contributed by atoms with Gasteiger partial charge in [-0.25, -0.2) is 4.68 Å². The summed E-state index contributed by atoms with van der Waals surface area (Å²) in [6, 6.07) is 3.57. The molecular formula is C11H14N4O3. The number of hydrogen-bond acceptors (Lipinski definition) is 5. The smallest absolute Gasteiger partial charge is 0.223 e. The van der Waals surface area contributed by atoms with Crippen molar-refractivity contribution < 1.29 is 14.4 Å². The molecular weight excluding hydrogens is 236 g/mol. The highest BCUT2D eigenvalue weighted by Crippen LogP contribution is 2.22. The quantitative estimate of drug-likeness (QED) is 0.365. The number of furan rings is 1. The van der Waals surface area contributed by atoms with Gasteiger partial charge in [-0.1, -0.05) is 5.16 Å². The predicted molar refractivity (Wildman–Crippen MR) is 63.5 cm³/mol. The van der Waals surface area contributed by atoms with Gasteiger partial charge < -0.3 is 20.1 Å². The van der Waals surface area contributed by atoms with Crippen LogP contribution in [0.25, 0.3) is 0 Å². The van der Waals surface area contributed by atoms with Crippen LogP contribution in [0.1, 0.15) is 17.0 Å². The van der Waals surface area contributed by atoms with Crippen LogP contribution in [0.4, 0.5) is 0 Å². The van der Waals surface area contributed by atoms with Gasteiger partial charge in [0.1, 0.15) is 17.9 Å². The van der Waals surface area contributed by atoms with E-state index in [0.717, 1.165) is 0 Å². The number of aryl methyl sites for hydroxylation is 2. The molecule has 0 saturated carbocycles. The van der Waals surface area contributed by atoms with Gasteiger partial charge >= 0.3 is 0 Å². The first kappa shape index (κ1) is 12.0. The highest BCUT2D eigenvalue weighted by atomic mass is 16.5. The summed E-state index contributed by atoms with van der Waals surface area (Å²) in [4.78, 5) is 0. The highest BCUT2D eigenvalue weighted by molar-refractivity contribution is 6.00. The molecule has 18 heavy (non-hydrogen) atoms. The molecule has 2 aromatic rings. The van der Waals surface area contributed by atoms with Crippen molar-refractivity contribution in [2.45, 2.75) is 13.5 Å². The third-order valence-corrected chi connectivity index (χ3v) is 2.46. The molecule has 0 aliphatic carbocycles. The lowest BCUT2D eigenvalue weighted by Gasteiger charge is -2.06. The summed E-state index contributed by atoms with van der Waals surface area (Å²) in [7, 11) is 1.72. The van der Waals surface area contributed by atoms with Crippen LogP contribution in [0.3, 0.4) is 0 Å². The van der Waals surface area contributed by atoms with Gasteiger partial charge in [-0.15, -0.1) is 0 Å². The molecule has 2 rings (SSSR count). The van der Waals surface area contributed by atoms with Crippen LogP contribution in [0.2, 0.25) is 0 Å². The molecule has 0 aliphatic rings. The first-order chi connectivity index (χ1) is 8.63. The lowest BCUT2D eigenvalue weighted by Crippen LogP contribution is -2.15. The van der Waals surface area contributed by atoms with Gasteiger partial charge in [0.2, 0.25) is 5.88 Å². The molecule has 0 fully saturated rings. The standard InChI is InChI=1S/C11H14N4O3/c1-7-9(10(12)14-16)11(15(2)13-7)18-6-8-4-3-5-17-8/h3-5,16H,6H2,1-2H3,(H2,12,14). The SMILES string of the molecule is Cc1nn(C)c(OCc2ccco2)c1C(N)=NO. The average molecular weight is 250 g/mol. The molecule has 0 bridgehead atoms. The second-order valence-electron chi connectivity index (χ2n) is 3.74. The molecule has 96 valence electrons. The fourth-order valence-electron chi connectivity index (χ4n) is 1.68. The molecule has 0 aromatic carbocycles. The van der Waals surface area contributed by atoms with E-state index >= 15 is 0 Å². The monoisotopic (exact) mass is 250 g/mol. The Hall–Kier alpha value is -2.44. The Morgan fingerprint density at radius 1 is 1.67 bits per heavy atom. The van der Waals surface area contributed by atoms with E-state index in [1.807, 2.05) is 0 Å². The Kier molecular flexibility index (Phi) is 3.22. The molecule has 7 nitrogen and oxygen atoms in total. The van der Waals surface area contributed by atoms with E-state index in [-0.39, 0.29) is 12.4 Å². The van der Waals surface area contributed by atoms with Gasteiger partial charge in [0.05, 0.1) is 12.0 Å². The van der Waals surface area contributed by atoms with Crippen molar-refractivity contribution in [3.8, 4) is 5.88 Å². The van der Waals surface area contributed by atoms with Crippen LogP contribution in [-0.2, 0) is 13.7 Å². The van der Waals surface area contributed by atoms with Gasteiger partial charge in [0, 0.05) is 7.05 Å². The minimum Gasteiger partial charge on any atom is -0.469 e. The largest absolute Gasteiger partial charge is 0.469 e. The van der Waals surface area contributed by atoms with Crippen LogP contribution in [0.5, 0.6) is 5.88 Å². The average Bonchev–Trinajstić information content (AvgIpc) is 2.94. The topological polar surface area (TPSA) is 98.8 Å². The molecule has 0 aliphatic heterocycles. The van der Waals surface area contributed by atoms with Crippen molar-refractivity contribution in [1.29, 1.82) is 0 Å². The van der Waals surface area contributed by atoms with Gasteiger partial charge in [-0.05, 0) is 19.1 Å². The van der Waals surface area contributed by atoms with Crippen LogP contribution in [0.15, 0.2) is 28.0 Å². The van der Waals surface area contributed by atoms with E-state index in [0.29, 0.717) is 22.9 Å². The number of nitrogens with two attached hydrogens (primary N) is 1. The fourth-order valence-corrected chi connectivity index (χ4v) is 1.68. The number of nitrogens with zero attached hydrogens (tertiary/aromatic N) is 3. The van der Waals surface area contributed by atoms with E-state index in [2.05, 4.69) is 10.3 Å². The number of hydrogen-bond donors (Lipinski definition) is 2. The summed E-state index contributed by atoms with van der Waals surface area (Å²) in [6.45, 7) is 2.00. The Balaban J connectivity index is 2.26. The van der Waals surface area contributed by atoms with Crippen molar-refractivity contribution in [1.82, 2.24) is 9.78 Å². The van der Waals surface area contributed by atoms with Crippen LogP contribution in [0, 0.1) is 6.92 Å². The number of ether oxygens (including phenoxy) is 1. The third kappa shape index (κ3) is 2.15. The maximum atomic E-state index is 8.75. The van der Waals surface area contributed by atoms with E-state index in [1.54, 1.807) is 32.4 Å². The van der Waals surface area contributed by atoms with Gasteiger partial charge in [0.25, 0.3) is 0 Å². The van der Waals surface area contributed by atoms with E-state index < -0.39 is 0 Å². The molecule has 0 atom stereocenters. The number of oxime groups is 1. The minimum atomic E-state index is -0.0324. The molecule has 7 heteroatoms. The lowest BCUT2D eigenvalue weighted by atomic mass is 10.2. The predicted octanol–water partition coefficient (Wildman–Crippen LogP) is 0.995. The second kappa shape index (κ2) is 4.82. The number of amidine groups is 1. The van der Waals surface area contributed by atoms with Crippen LogP contribution >= 0.6 is 0 Å². The Morgan fingerprint density at radius 3 is 3.06 bits per heavy atom. The molecule has 0 amide bonds.